The van der Waals surface area contributed by atoms with E-state index in [0.717, 1.165) is 35.5 Å². The van der Waals surface area contributed by atoms with E-state index >= 15 is 0 Å². The molecule has 0 radical (unpaired) electrons. The molecule has 0 spiro atoms. The fraction of sp³-hybridized carbons (Fsp3) is 0.455. The molecule has 0 aliphatic rings. The number of rotatable bonds is 10. The zero-order valence-electron chi connectivity index (χ0n) is 17.2. The van der Waals surface area contributed by atoms with Crippen molar-refractivity contribution in [1.82, 2.24) is 9.88 Å². The summed E-state index contributed by atoms with van der Waals surface area (Å²) in [5.74, 6) is -0.644. The highest BCUT2D eigenvalue weighted by atomic mass is 16.5. The van der Waals surface area contributed by atoms with Crippen LogP contribution in [0.3, 0.4) is 0 Å². The van der Waals surface area contributed by atoms with E-state index in [-0.39, 0.29) is 25.0 Å². The van der Waals surface area contributed by atoms with Crippen LogP contribution in [0.4, 0.5) is 0 Å². The van der Waals surface area contributed by atoms with Gasteiger partial charge in [-0.05, 0) is 43.1 Å². The van der Waals surface area contributed by atoms with Crippen molar-refractivity contribution >= 4 is 11.9 Å². The summed E-state index contributed by atoms with van der Waals surface area (Å²) in [5.41, 5.74) is 4.18. The first-order valence-electron chi connectivity index (χ1n) is 9.70. The predicted molar refractivity (Wildman–Crippen MR) is 108 cm³/mol. The Morgan fingerprint density at radius 3 is 2.39 bits per heavy atom. The number of hydrogen-bond acceptors (Lipinski definition) is 5. The second kappa shape index (κ2) is 10.7. The Kier molecular flexibility index (Phi) is 8.26. The molecule has 0 unspecified atom stereocenters. The second-order valence-electron chi connectivity index (χ2n) is 6.68. The largest absolute Gasteiger partial charge is 0.469 e. The monoisotopic (exact) mass is 387 g/mol. The summed E-state index contributed by atoms with van der Waals surface area (Å²) in [6.45, 7) is 8.81. The van der Waals surface area contributed by atoms with Crippen molar-refractivity contribution in [3.05, 3.63) is 58.4 Å². The maximum absolute atomic E-state index is 12.7. The van der Waals surface area contributed by atoms with Crippen molar-refractivity contribution in [2.45, 2.75) is 46.8 Å². The fourth-order valence-electron chi connectivity index (χ4n) is 3.17. The number of nitrogens with zero attached hydrogens (tertiary/aromatic N) is 1. The van der Waals surface area contributed by atoms with Gasteiger partial charge in [0.15, 0.2) is 0 Å². The number of methoxy groups -OCH3 is 1. The van der Waals surface area contributed by atoms with Crippen molar-refractivity contribution in [1.29, 1.82) is 0 Å². The molecule has 0 saturated heterocycles. The normalized spacial score (nSPS) is 10.9. The predicted octanol–water partition coefficient (Wildman–Crippen LogP) is 3.63. The first kappa shape index (κ1) is 21.7. The molecule has 0 aliphatic heterocycles. The van der Waals surface area contributed by atoms with Gasteiger partial charge in [0.25, 0.3) is 0 Å². The van der Waals surface area contributed by atoms with Crippen molar-refractivity contribution in [2.75, 3.05) is 20.2 Å². The third-order valence-corrected chi connectivity index (χ3v) is 4.97. The average molecular weight is 387 g/mol. The molecule has 0 bridgehead atoms. The summed E-state index contributed by atoms with van der Waals surface area (Å²) in [6.07, 6.45) is 0.802. The van der Waals surface area contributed by atoms with Gasteiger partial charge in [-0.3, -0.25) is 9.69 Å². The van der Waals surface area contributed by atoms with Crippen molar-refractivity contribution in [3.63, 3.8) is 0 Å². The number of esters is 2. The van der Waals surface area contributed by atoms with Crippen LogP contribution in [0.25, 0.3) is 0 Å². The van der Waals surface area contributed by atoms with E-state index < -0.39 is 0 Å². The van der Waals surface area contributed by atoms with Gasteiger partial charge in [0, 0.05) is 18.7 Å². The van der Waals surface area contributed by atoms with Gasteiger partial charge in [-0.2, -0.15) is 0 Å². The highest BCUT2D eigenvalue weighted by molar-refractivity contribution is 5.90. The van der Waals surface area contributed by atoms with Crippen LogP contribution in [-0.2, 0) is 33.8 Å². The van der Waals surface area contributed by atoms with Crippen LogP contribution < -0.4 is 0 Å². The van der Waals surface area contributed by atoms with Gasteiger partial charge in [-0.1, -0.05) is 44.2 Å². The minimum absolute atomic E-state index is 0.223. The van der Waals surface area contributed by atoms with Crippen LogP contribution >= 0.6 is 0 Å². The molecule has 6 heteroatoms. The van der Waals surface area contributed by atoms with Gasteiger partial charge in [0.05, 0.1) is 7.11 Å². The van der Waals surface area contributed by atoms with E-state index in [9.17, 15) is 9.59 Å². The molecule has 0 atom stereocenters. The Morgan fingerprint density at radius 1 is 1.11 bits per heavy atom. The highest BCUT2D eigenvalue weighted by Crippen LogP contribution is 2.23. The van der Waals surface area contributed by atoms with E-state index in [0.29, 0.717) is 18.7 Å². The van der Waals surface area contributed by atoms with Crippen LogP contribution in [0.2, 0.25) is 0 Å². The van der Waals surface area contributed by atoms with Crippen LogP contribution in [0, 0.1) is 6.92 Å². The molecule has 1 aromatic carbocycles. The molecule has 1 N–H and O–H groups in total. The standard InChI is InChI=1S/C22H30N2O4/c1-5-24(6-2)14-19-18(12-13-20(25)27-4)16(3)21(23-19)22(26)28-15-17-10-8-7-9-11-17/h7-11,23H,5-6,12-15H2,1-4H3/i23+1. The van der Waals surface area contributed by atoms with Crippen LogP contribution in [0.5, 0.6) is 0 Å². The first-order chi connectivity index (χ1) is 13.5. The van der Waals surface area contributed by atoms with Gasteiger partial charge in [-0.25, -0.2) is 4.79 Å². The first-order valence-corrected chi connectivity index (χ1v) is 9.70. The van der Waals surface area contributed by atoms with Gasteiger partial charge in [-0.15, -0.1) is 0 Å². The maximum atomic E-state index is 12.7. The van der Waals surface area contributed by atoms with Crippen molar-refractivity contribution in [2.24, 2.45) is 0 Å². The van der Waals surface area contributed by atoms with Gasteiger partial charge in [0.1, 0.15) is 12.3 Å². The summed E-state index contributed by atoms with van der Waals surface area (Å²) in [6, 6.07) is 9.59. The quantitative estimate of drug-likeness (QED) is 0.631. The zero-order valence-corrected chi connectivity index (χ0v) is 17.2. The number of H-pyrrole nitrogens is 1. The molecular weight excluding hydrogens is 357 g/mol. The van der Waals surface area contributed by atoms with E-state index in [4.69, 9.17) is 9.47 Å². The minimum Gasteiger partial charge on any atom is -0.469 e. The molecule has 0 amide bonds. The Hall–Kier alpha value is -2.60. The van der Waals surface area contributed by atoms with E-state index in [1.54, 1.807) is 0 Å². The second-order valence-corrected chi connectivity index (χ2v) is 6.68. The number of carbonyl (C=O) groups is 2. The Labute approximate surface area is 166 Å². The van der Waals surface area contributed by atoms with Crippen LogP contribution in [-0.4, -0.2) is 42.0 Å². The number of hydrogen-bond donors (Lipinski definition) is 1. The molecule has 28 heavy (non-hydrogen) atoms. The molecule has 1 aromatic heterocycles. The lowest BCUT2D eigenvalue weighted by atomic mass is 10.0. The van der Waals surface area contributed by atoms with Crippen molar-refractivity contribution < 1.29 is 19.1 Å². The van der Waals surface area contributed by atoms with Gasteiger partial charge < -0.3 is 14.5 Å². The van der Waals surface area contributed by atoms with E-state index in [1.165, 1.54) is 7.11 Å². The molecule has 2 rings (SSSR count). The number of aromatic nitrogens is 1. The van der Waals surface area contributed by atoms with Crippen molar-refractivity contribution in [3.8, 4) is 0 Å². The van der Waals surface area contributed by atoms with Crippen LogP contribution in [0.1, 0.15) is 53.1 Å². The topological polar surface area (TPSA) is 71.6 Å². The molecular formula is C22H30N2O4. The minimum atomic E-state index is -0.383. The van der Waals surface area contributed by atoms with Gasteiger partial charge in [0.2, 0.25) is 0 Å². The molecule has 152 valence electrons. The third-order valence-electron chi connectivity index (χ3n) is 4.97. The summed E-state index contributed by atoms with van der Waals surface area (Å²) in [7, 11) is 1.38. The summed E-state index contributed by atoms with van der Waals surface area (Å²) in [4.78, 5) is 29.8. The number of aromatic amines is 1. The molecule has 1 heterocycles. The lowest BCUT2D eigenvalue weighted by Crippen LogP contribution is -2.23. The average Bonchev–Trinajstić information content (AvgIpc) is 3.04. The lowest BCUT2D eigenvalue weighted by Gasteiger charge is -2.18. The molecule has 0 fully saturated rings. The Balaban J connectivity index is 2.21. The van der Waals surface area contributed by atoms with Crippen LogP contribution in [0.15, 0.2) is 30.3 Å². The smallest absolute Gasteiger partial charge is 0.355 e. The lowest BCUT2D eigenvalue weighted by molar-refractivity contribution is -0.140. The summed E-state index contributed by atoms with van der Waals surface area (Å²) < 4.78 is 10.3. The van der Waals surface area contributed by atoms with E-state index in [2.05, 4.69) is 23.7 Å². The summed E-state index contributed by atoms with van der Waals surface area (Å²) in [5, 5.41) is 0. The molecule has 6 nitrogen and oxygen atoms in total. The third kappa shape index (κ3) is 5.70. The number of nitrogens with one attached hydrogen (secondary N) is 1. The molecule has 0 saturated carbocycles. The molecule has 2 aromatic rings. The van der Waals surface area contributed by atoms with E-state index in [1.807, 2.05) is 37.3 Å². The number of benzene rings is 1. The fourth-order valence-corrected chi connectivity index (χ4v) is 3.17. The Morgan fingerprint density at radius 2 is 1.79 bits per heavy atom. The molecule has 0 aliphatic carbocycles. The summed E-state index contributed by atoms with van der Waals surface area (Å²) >= 11 is 0. The highest BCUT2D eigenvalue weighted by Gasteiger charge is 2.22. The Bertz CT molecular complexity index is 779. The maximum Gasteiger partial charge on any atom is 0.355 e. The zero-order chi connectivity index (χ0) is 20.5. The number of carbonyl (C=O) groups excluding carboxylic acids is 2. The van der Waals surface area contributed by atoms with Gasteiger partial charge >= 0.3 is 11.9 Å². The SMILES string of the molecule is CCN(CC)Cc1[15nH]c(C(=O)OCc2ccccc2)c(C)c1CCC(=O)OC. The number of ether oxygens (including phenoxy) is 2.